The highest BCUT2D eigenvalue weighted by atomic mass is 32.2. The van der Waals surface area contributed by atoms with Crippen LogP contribution in [-0.4, -0.2) is 44.4 Å². The molecule has 1 N–H and O–H groups in total. The standard InChI is InChI=1S/C24H19N5O5S/c1-34-23(31)17-7-11-18(12-8-17)25-21(30)15-35-24-27-26-22(28(24)19-5-3-2-4-6-19)16-9-13-20(14-10-16)29(32)33/h2-14H,15H2,1H3,(H,25,30). The zero-order chi connectivity index (χ0) is 24.8. The van der Waals surface area contributed by atoms with E-state index in [1.807, 2.05) is 30.3 Å². The number of nitro benzene ring substituents is 1. The van der Waals surface area contributed by atoms with Gasteiger partial charge in [-0.05, 0) is 48.5 Å². The third-order valence-corrected chi connectivity index (χ3v) is 5.84. The molecule has 0 unspecified atom stereocenters. The molecule has 4 rings (SSSR count). The highest BCUT2D eigenvalue weighted by Crippen LogP contribution is 2.29. The Hall–Kier alpha value is -4.51. The quantitative estimate of drug-likeness (QED) is 0.167. The molecule has 1 aromatic heterocycles. The molecule has 0 fully saturated rings. The van der Waals surface area contributed by atoms with Crippen LogP contribution in [-0.2, 0) is 9.53 Å². The second-order valence-electron chi connectivity index (χ2n) is 7.19. The number of hydrogen-bond donors (Lipinski definition) is 1. The molecular formula is C24H19N5O5S. The summed E-state index contributed by atoms with van der Waals surface area (Å²) in [5.74, 6) is -0.167. The molecule has 3 aromatic carbocycles. The van der Waals surface area contributed by atoms with Crippen molar-refractivity contribution in [2.75, 3.05) is 18.2 Å². The number of aromatic nitrogens is 3. The summed E-state index contributed by atoms with van der Waals surface area (Å²) < 4.78 is 6.46. The number of methoxy groups -OCH3 is 1. The van der Waals surface area contributed by atoms with Crippen molar-refractivity contribution in [3.8, 4) is 17.1 Å². The van der Waals surface area contributed by atoms with Crippen molar-refractivity contribution in [1.82, 2.24) is 14.8 Å². The van der Waals surface area contributed by atoms with Crippen LogP contribution < -0.4 is 5.32 Å². The summed E-state index contributed by atoms with van der Waals surface area (Å²) in [6.45, 7) is 0. The average Bonchev–Trinajstić information content (AvgIpc) is 3.32. The van der Waals surface area contributed by atoms with E-state index in [-0.39, 0.29) is 17.3 Å². The van der Waals surface area contributed by atoms with Crippen molar-refractivity contribution >= 4 is 35.0 Å². The van der Waals surface area contributed by atoms with E-state index in [4.69, 9.17) is 0 Å². The van der Waals surface area contributed by atoms with E-state index in [1.165, 1.54) is 31.0 Å². The third kappa shape index (κ3) is 5.53. The van der Waals surface area contributed by atoms with Crippen LogP contribution in [0, 0.1) is 10.1 Å². The van der Waals surface area contributed by atoms with Gasteiger partial charge in [0, 0.05) is 29.1 Å². The lowest BCUT2D eigenvalue weighted by Crippen LogP contribution is -2.14. The fourth-order valence-corrected chi connectivity index (χ4v) is 3.98. The number of nitro groups is 1. The summed E-state index contributed by atoms with van der Waals surface area (Å²) >= 11 is 1.20. The summed E-state index contributed by atoms with van der Waals surface area (Å²) in [6, 6.07) is 21.8. The molecule has 35 heavy (non-hydrogen) atoms. The number of non-ortho nitro benzene ring substituents is 1. The van der Waals surface area contributed by atoms with Crippen LogP contribution in [0.2, 0.25) is 0 Å². The molecule has 0 aliphatic rings. The SMILES string of the molecule is COC(=O)c1ccc(NC(=O)CSc2nnc(-c3ccc([N+](=O)[O-])cc3)n2-c2ccccc2)cc1. The molecule has 0 radical (unpaired) electrons. The summed E-state index contributed by atoms with van der Waals surface area (Å²) in [6.07, 6.45) is 0. The number of carbonyl (C=O) groups is 2. The van der Waals surface area contributed by atoms with Crippen LogP contribution >= 0.6 is 11.8 Å². The number of anilines is 1. The lowest BCUT2D eigenvalue weighted by Gasteiger charge is -2.10. The van der Waals surface area contributed by atoms with Gasteiger partial charge in [-0.25, -0.2) is 4.79 Å². The Morgan fingerprint density at radius 1 is 1.00 bits per heavy atom. The van der Waals surface area contributed by atoms with Crippen LogP contribution in [0.3, 0.4) is 0 Å². The highest BCUT2D eigenvalue weighted by molar-refractivity contribution is 7.99. The number of thioether (sulfide) groups is 1. The number of para-hydroxylation sites is 1. The van der Waals surface area contributed by atoms with E-state index in [2.05, 4.69) is 20.3 Å². The minimum Gasteiger partial charge on any atom is -0.465 e. The molecule has 0 spiro atoms. The van der Waals surface area contributed by atoms with Crippen molar-refractivity contribution in [2.45, 2.75) is 5.16 Å². The van der Waals surface area contributed by atoms with Crippen molar-refractivity contribution in [3.63, 3.8) is 0 Å². The van der Waals surface area contributed by atoms with Crippen molar-refractivity contribution in [1.29, 1.82) is 0 Å². The number of amides is 1. The van der Waals surface area contributed by atoms with E-state index in [0.29, 0.717) is 27.8 Å². The predicted octanol–water partition coefficient (Wildman–Crippen LogP) is 4.36. The van der Waals surface area contributed by atoms with E-state index in [9.17, 15) is 19.7 Å². The second-order valence-corrected chi connectivity index (χ2v) is 8.13. The molecule has 11 heteroatoms. The molecule has 1 amide bonds. The van der Waals surface area contributed by atoms with E-state index < -0.39 is 10.9 Å². The Morgan fingerprint density at radius 2 is 1.69 bits per heavy atom. The molecule has 0 saturated heterocycles. The summed E-state index contributed by atoms with van der Waals surface area (Å²) in [5, 5.41) is 22.8. The number of nitrogens with zero attached hydrogens (tertiary/aromatic N) is 4. The van der Waals surface area contributed by atoms with Crippen LogP contribution in [0.4, 0.5) is 11.4 Å². The Balaban J connectivity index is 1.53. The van der Waals surface area contributed by atoms with Gasteiger partial charge in [0.15, 0.2) is 11.0 Å². The van der Waals surface area contributed by atoms with E-state index in [0.717, 1.165) is 5.69 Å². The Kier molecular flexibility index (Phi) is 7.17. The van der Waals surface area contributed by atoms with Gasteiger partial charge in [-0.1, -0.05) is 30.0 Å². The zero-order valence-corrected chi connectivity index (χ0v) is 19.3. The van der Waals surface area contributed by atoms with Gasteiger partial charge in [-0.2, -0.15) is 0 Å². The van der Waals surface area contributed by atoms with Crippen molar-refractivity contribution in [3.05, 3.63) is 94.5 Å². The van der Waals surface area contributed by atoms with Crippen LogP contribution in [0.1, 0.15) is 10.4 Å². The topological polar surface area (TPSA) is 129 Å². The molecule has 10 nitrogen and oxygen atoms in total. The first kappa shape index (κ1) is 23.6. The normalized spacial score (nSPS) is 10.5. The number of esters is 1. The van der Waals surface area contributed by atoms with Gasteiger partial charge in [0.05, 0.1) is 23.3 Å². The maximum atomic E-state index is 12.5. The molecule has 0 atom stereocenters. The summed E-state index contributed by atoms with van der Waals surface area (Å²) in [7, 11) is 1.30. The number of ether oxygens (including phenoxy) is 1. The first-order chi connectivity index (χ1) is 17.0. The average molecular weight is 490 g/mol. The maximum absolute atomic E-state index is 12.5. The van der Waals surface area contributed by atoms with Gasteiger partial charge in [0.1, 0.15) is 0 Å². The molecular weight excluding hydrogens is 470 g/mol. The number of carbonyl (C=O) groups excluding carboxylic acids is 2. The molecule has 0 aliphatic carbocycles. The molecule has 0 aliphatic heterocycles. The van der Waals surface area contributed by atoms with Gasteiger partial charge in [-0.15, -0.1) is 10.2 Å². The van der Waals surface area contributed by atoms with Crippen LogP contribution in [0.15, 0.2) is 84.0 Å². The monoisotopic (exact) mass is 489 g/mol. The molecule has 176 valence electrons. The Labute approximate surface area is 204 Å². The van der Waals surface area contributed by atoms with Gasteiger partial charge >= 0.3 is 5.97 Å². The van der Waals surface area contributed by atoms with E-state index >= 15 is 0 Å². The van der Waals surface area contributed by atoms with Crippen LogP contribution in [0.5, 0.6) is 0 Å². The zero-order valence-electron chi connectivity index (χ0n) is 18.5. The minimum absolute atomic E-state index is 0.0228. The molecule has 0 saturated carbocycles. The smallest absolute Gasteiger partial charge is 0.337 e. The summed E-state index contributed by atoms with van der Waals surface area (Å²) in [5.41, 5.74) is 2.33. The molecule has 4 aromatic rings. The second kappa shape index (κ2) is 10.6. The maximum Gasteiger partial charge on any atom is 0.337 e. The van der Waals surface area contributed by atoms with Crippen molar-refractivity contribution in [2.24, 2.45) is 0 Å². The van der Waals surface area contributed by atoms with E-state index in [1.54, 1.807) is 41.0 Å². The number of hydrogen-bond acceptors (Lipinski definition) is 8. The predicted molar refractivity (Wildman–Crippen MR) is 131 cm³/mol. The first-order valence-electron chi connectivity index (χ1n) is 10.3. The first-order valence-corrected chi connectivity index (χ1v) is 11.3. The fourth-order valence-electron chi connectivity index (χ4n) is 3.23. The fraction of sp³-hybridized carbons (Fsp3) is 0.0833. The number of benzene rings is 3. The highest BCUT2D eigenvalue weighted by Gasteiger charge is 2.18. The van der Waals surface area contributed by atoms with Crippen LogP contribution in [0.25, 0.3) is 17.1 Å². The number of nitrogens with one attached hydrogen (secondary N) is 1. The Bertz CT molecular complexity index is 1360. The third-order valence-electron chi connectivity index (χ3n) is 4.91. The lowest BCUT2D eigenvalue weighted by molar-refractivity contribution is -0.384. The largest absolute Gasteiger partial charge is 0.465 e. The lowest BCUT2D eigenvalue weighted by atomic mass is 10.2. The van der Waals surface area contributed by atoms with Crippen molar-refractivity contribution < 1.29 is 19.2 Å². The van der Waals surface area contributed by atoms with Gasteiger partial charge in [0.2, 0.25) is 5.91 Å². The molecule has 1 heterocycles. The summed E-state index contributed by atoms with van der Waals surface area (Å²) in [4.78, 5) is 34.6. The van der Waals surface area contributed by atoms with Gasteiger partial charge in [0.25, 0.3) is 5.69 Å². The Morgan fingerprint density at radius 3 is 2.31 bits per heavy atom. The van der Waals surface area contributed by atoms with Gasteiger partial charge < -0.3 is 10.1 Å². The minimum atomic E-state index is -0.464. The molecule has 0 bridgehead atoms. The number of rotatable bonds is 8. The van der Waals surface area contributed by atoms with Gasteiger partial charge in [-0.3, -0.25) is 19.5 Å².